The molecule has 2 atom stereocenters. The van der Waals surface area contributed by atoms with Crippen LogP contribution in [0, 0.1) is 5.92 Å². The van der Waals surface area contributed by atoms with Gasteiger partial charge in [-0.1, -0.05) is 15.9 Å². The van der Waals surface area contributed by atoms with Gasteiger partial charge < -0.3 is 14.5 Å². The Morgan fingerprint density at radius 1 is 1.40 bits per heavy atom. The summed E-state index contributed by atoms with van der Waals surface area (Å²) in [6.45, 7) is 8.56. The molecule has 6 heteroatoms. The van der Waals surface area contributed by atoms with Crippen molar-refractivity contribution in [2.24, 2.45) is 5.92 Å². The Labute approximate surface area is 128 Å². The Hall–Kier alpha value is -0.780. The highest BCUT2D eigenvalue weighted by Crippen LogP contribution is 2.24. The minimum absolute atomic E-state index is 0.211. The van der Waals surface area contributed by atoms with Gasteiger partial charge in [0.05, 0.1) is 0 Å². The third kappa shape index (κ3) is 4.11. The van der Waals surface area contributed by atoms with Crippen LogP contribution in [0.2, 0.25) is 0 Å². The molecule has 2 amide bonds. The molecule has 20 heavy (non-hydrogen) atoms. The van der Waals surface area contributed by atoms with Crippen LogP contribution in [-0.2, 0) is 9.53 Å². The molecule has 2 saturated heterocycles. The predicted molar refractivity (Wildman–Crippen MR) is 79.8 cm³/mol. The number of rotatable bonds is 2. The molecule has 0 spiro atoms. The summed E-state index contributed by atoms with van der Waals surface area (Å²) in [5.41, 5.74) is -0.455. The number of ether oxygens (including phenoxy) is 1. The maximum atomic E-state index is 12.0. The van der Waals surface area contributed by atoms with Crippen molar-refractivity contribution in [2.45, 2.75) is 44.0 Å². The zero-order valence-corrected chi connectivity index (χ0v) is 14.0. The Kier molecular flexibility index (Phi) is 4.62. The fourth-order valence-corrected chi connectivity index (χ4v) is 3.31. The normalized spacial score (nSPS) is 27.3. The lowest BCUT2D eigenvalue weighted by molar-refractivity contribution is -0.128. The van der Waals surface area contributed by atoms with Crippen LogP contribution in [0.3, 0.4) is 0 Å². The van der Waals surface area contributed by atoms with E-state index in [9.17, 15) is 9.59 Å². The van der Waals surface area contributed by atoms with Gasteiger partial charge in [0.15, 0.2) is 0 Å². The Morgan fingerprint density at radius 3 is 2.65 bits per heavy atom. The minimum Gasteiger partial charge on any atom is -0.444 e. The number of carbonyl (C=O) groups is 2. The molecular formula is C14H23BrN2O3. The summed E-state index contributed by atoms with van der Waals surface area (Å²) in [4.78, 5) is 27.7. The van der Waals surface area contributed by atoms with Crippen LogP contribution in [0.25, 0.3) is 0 Å². The SMILES string of the molecule is CC(C)(C)OC(=O)N1CCC(CN2CC(Br)CC2=O)C1. The first-order valence-corrected chi connectivity index (χ1v) is 8.06. The molecule has 0 radical (unpaired) electrons. The second-order valence-corrected chi connectivity index (χ2v) is 7.98. The summed E-state index contributed by atoms with van der Waals surface area (Å²) in [5.74, 6) is 0.576. The molecule has 0 saturated carbocycles. The highest BCUT2D eigenvalue weighted by Gasteiger charge is 2.34. The third-order valence-electron chi connectivity index (χ3n) is 3.58. The molecular weight excluding hydrogens is 324 g/mol. The quantitative estimate of drug-likeness (QED) is 0.720. The second-order valence-electron chi connectivity index (χ2n) is 6.68. The Bertz CT molecular complexity index is 394. The van der Waals surface area contributed by atoms with Gasteiger partial charge in [-0.2, -0.15) is 0 Å². The van der Waals surface area contributed by atoms with Crippen LogP contribution in [0.5, 0.6) is 0 Å². The van der Waals surface area contributed by atoms with Crippen molar-refractivity contribution >= 4 is 27.9 Å². The van der Waals surface area contributed by atoms with E-state index in [1.165, 1.54) is 0 Å². The zero-order chi connectivity index (χ0) is 14.9. The van der Waals surface area contributed by atoms with Crippen molar-refractivity contribution in [3.63, 3.8) is 0 Å². The molecule has 2 rings (SSSR count). The lowest BCUT2D eigenvalue weighted by Crippen LogP contribution is -2.37. The van der Waals surface area contributed by atoms with Gasteiger partial charge in [0.1, 0.15) is 5.60 Å². The molecule has 2 heterocycles. The molecule has 0 aromatic carbocycles. The molecule has 0 aromatic rings. The smallest absolute Gasteiger partial charge is 0.410 e. The summed E-state index contributed by atoms with van der Waals surface area (Å²) in [7, 11) is 0. The number of amides is 2. The maximum Gasteiger partial charge on any atom is 0.410 e. The molecule has 0 aliphatic carbocycles. The van der Waals surface area contributed by atoms with Crippen molar-refractivity contribution in [2.75, 3.05) is 26.2 Å². The van der Waals surface area contributed by atoms with Gasteiger partial charge in [0, 0.05) is 37.4 Å². The van der Waals surface area contributed by atoms with Crippen LogP contribution in [0.4, 0.5) is 4.79 Å². The number of nitrogens with zero attached hydrogens (tertiary/aromatic N) is 2. The highest BCUT2D eigenvalue weighted by molar-refractivity contribution is 9.09. The van der Waals surface area contributed by atoms with E-state index in [1.807, 2.05) is 25.7 Å². The number of likely N-dealkylation sites (tertiary alicyclic amines) is 2. The zero-order valence-electron chi connectivity index (χ0n) is 12.4. The average molecular weight is 347 g/mol. The van der Waals surface area contributed by atoms with E-state index in [-0.39, 0.29) is 16.8 Å². The first kappa shape index (κ1) is 15.6. The second kappa shape index (κ2) is 5.92. The molecule has 0 bridgehead atoms. The van der Waals surface area contributed by atoms with E-state index >= 15 is 0 Å². The molecule has 2 aliphatic heterocycles. The standard InChI is InChI=1S/C14H23BrN2O3/c1-14(2,3)20-13(19)16-5-4-10(7-16)8-17-9-11(15)6-12(17)18/h10-11H,4-9H2,1-3H3. The van der Waals surface area contributed by atoms with Crippen LogP contribution >= 0.6 is 15.9 Å². The topological polar surface area (TPSA) is 49.9 Å². The molecule has 5 nitrogen and oxygen atoms in total. The van der Waals surface area contributed by atoms with Crippen LogP contribution in [0.15, 0.2) is 0 Å². The monoisotopic (exact) mass is 346 g/mol. The van der Waals surface area contributed by atoms with Gasteiger partial charge in [-0.3, -0.25) is 4.79 Å². The van der Waals surface area contributed by atoms with E-state index in [0.717, 1.165) is 26.1 Å². The van der Waals surface area contributed by atoms with E-state index in [0.29, 0.717) is 18.9 Å². The third-order valence-corrected chi connectivity index (χ3v) is 4.20. The first-order chi connectivity index (χ1) is 9.24. The number of hydrogen-bond acceptors (Lipinski definition) is 3. The van der Waals surface area contributed by atoms with Gasteiger partial charge in [0.2, 0.25) is 5.91 Å². The lowest BCUT2D eigenvalue weighted by atomic mass is 10.1. The molecule has 2 aliphatic rings. The van der Waals surface area contributed by atoms with Crippen LogP contribution < -0.4 is 0 Å². The maximum absolute atomic E-state index is 12.0. The lowest BCUT2D eigenvalue weighted by Gasteiger charge is -2.25. The predicted octanol–water partition coefficient (Wildman–Crippen LogP) is 2.24. The molecule has 0 N–H and O–H groups in total. The number of halogens is 1. The largest absolute Gasteiger partial charge is 0.444 e. The number of alkyl halides is 1. The van der Waals surface area contributed by atoms with Crippen molar-refractivity contribution in [3.8, 4) is 0 Å². The van der Waals surface area contributed by atoms with Crippen LogP contribution in [0.1, 0.15) is 33.6 Å². The van der Waals surface area contributed by atoms with E-state index < -0.39 is 5.60 Å². The van der Waals surface area contributed by atoms with Gasteiger partial charge in [-0.15, -0.1) is 0 Å². The fourth-order valence-electron chi connectivity index (χ4n) is 2.69. The summed E-state index contributed by atoms with van der Waals surface area (Å²) < 4.78 is 5.38. The van der Waals surface area contributed by atoms with Crippen molar-refractivity contribution < 1.29 is 14.3 Å². The molecule has 2 unspecified atom stereocenters. The average Bonchev–Trinajstić information content (AvgIpc) is 2.85. The van der Waals surface area contributed by atoms with E-state index in [1.54, 1.807) is 4.90 Å². The van der Waals surface area contributed by atoms with Crippen molar-refractivity contribution in [3.05, 3.63) is 0 Å². The van der Waals surface area contributed by atoms with Gasteiger partial charge in [0.25, 0.3) is 0 Å². The minimum atomic E-state index is -0.455. The molecule has 114 valence electrons. The summed E-state index contributed by atoms with van der Waals surface area (Å²) in [6, 6.07) is 0. The Balaban J connectivity index is 1.81. The fraction of sp³-hybridized carbons (Fsp3) is 0.857. The summed E-state index contributed by atoms with van der Waals surface area (Å²) in [5, 5.41) is 0. The number of hydrogen-bond donors (Lipinski definition) is 0. The number of carbonyl (C=O) groups excluding carboxylic acids is 2. The summed E-state index contributed by atoms with van der Waals surface area (Å²) >= 11 is 3.49. The van der Waals surface area contributed by atoms with Crippen molar-refractivity contribution in [1.82, 2.24) is 9.80 Å². The van der Waals surface area contributed by atoms with Crippen molar-refractivity contribution in [1.29, 1.82) is 0 Å². The summed E-state index contributed by atoms with van der Waals surface area (Å²) in [6.07, 6.45) is 1.28. The van der Waals surface area contributed by atoms with Gasteiger partial charge in [-0.05, 0) is 33.1 Å². The van der Waals surface area contributed by atoms with Crippen LogP contribution in [-0.4, -0.2) is 58.4 Å². The van der Waals surface area contributed by atoms with E-state index in [2.05, 4.69) is 15.9 Å². The highest BCUT2D eigenvalue weighted by atomic mass is 79.9. The van der Waals surface area contributed by atoms with E-state index in [4.69, 9.17) is 4.74 Å². The molecule has 0 aromatic heterocycles. The Morgan fingerprint density at radius 2 is 2.10 bits per heavy atom. The van der Waals surface area contributed by atoms with Gasteiger partial charge >= 0.3 is 6.09 Å². The molecule has 2 fully saturated rings. The first-order valence-electron chi connectivity index (χ1n) is 7.14. The van der Waals surface area contributed by atoms with Gasteiger partial charge in [-0.25, -0.2) is 4.79 Å².